The molecular formula is C16H17N3O5Se. The fourth-order valence-corrected chi connectivity index (χ4v) is 4.73. The Morgan fingerprint density at radius 3 is 1.96 bits per heavy atom. The molecule has 0 aliphatic carbocycles. The van der Waals surface area contributed by atoms with Gasteiger partial charge in [-0.2, -0.15) is 0 Å². The van der Waals surface area contributed by atoms with Gasteiger partial charge >= 0.3 is 146 Å². The zero-order valence-electron chi connectivity index (χ0n) is 13.7. The van der Waals surface area contributed by atoms with Crippen LogP contribution in [0.15, 0.2) is 48.5 Å². The van der Waals surface area contributed by atoms with Crippen LogP contribution in [-0.4, -0.2) is 49.1 Å². The number of likely N-dealkylation sites (N-methyl/N-ethyl adjacent to an activating group) is 1. The molecule has 0 unspecified atom stereocenters. The van der Waals surface area contributed by atoms with E-state index in [-0.39, 0.29) is 27.1 Å². The van der Waals surface area contributed by atoms with Crippen molar-refractivity contribution in [3.05, 3.63) is 58.6 Å². The molecule has 0 radical (unpaired) electrons. The predicted molar refractivity (Wildman–Crippen MR) is 93.1 cm³/mol. The van der Waals surface area contributed by atoms with Crippen LogP contribution in [0.25, 0.3) is 0 Å². The van der Waals surface area contributed by atoms with Gasteiger partial charge in [0.25, 0.3) is 0 Å². The second-order valence-electron chi connectivity index (χ2n) is 5.56. The van der Waals surface area contributed by atoms with E-state index in [1.165, 1.54) is 36.4 Å². The average molecular weight is 410 g/mol. The summed E-state index contributed by atoms with van der Waals surface area (Å²) >= 11 is -4.65. The van der Waals surface area contributed by atoms with Gasteiger partial charge < -0.3 is 0 Å². The maximum atomic E-state index is 12.6. The monoisotopic (exact) mass is 411 g/mol. The van der Waals surface area contributed by atoms with Gasteiger partial charge in [0.2, 0.25) is 0 Å². The molecule has 0 saturated carbocycles. The fraction of sp³-hybridized carbons (Fsp3) is 0.188. The van der Waals surface area contributed by atoms with Crippen molar-refractivity contribution in [2.75, 3.05) is 26.0 Å². The van der Waals surface area contributed by atoms with Crippen LogP contribution in [0.1, 0.15) is 0 Å². The van der Waals surface area contributed by atoms with Gasteiger partial charge in [-0.15, -0.1) is 0 Å². The van der Waals surface area contributed by atoms with Crippen LogP contribution >= 0.6 is 0 Å². The molecule has 0 atom stereocenters. The van der Waals surface area contributed by atoms with Crippen molar-refractivity contribution in [1.82, 2.24) is 4.90 Å². The third-order valence-corrected chi connectivity index (χ3v) is 7.01. The number of rotatable bonds is 6. The first-order chi connectivity index (χ1) is 11.7. The molecule has 0 saturated heterocycles. The van der Waals surface area contributed by atoms with E-state index in [1.54, 1.807) is 19.0 Å². The van der Waals surface area contributed by atoms with E-state index in [4.69, 9.17) is 0 Å². The fourth-order valence-electron chi connectivity index (χ4n) is 2.09. The van der Waals surface area contributed by atoms with E-state index >= 15 is 0 Å². The number of nitrogens with zero attached hydrogens (tertiary/aromatic N) is 2. The Bertz CT molecular complexity index is 875. The molecule has 8 nitrogen and oxygen atoms in total. The van der Waals surface area contributed by atoms with E-state index < -0.39 is 17.6 Å². The summed E-state index contributed by atoms with van der Waals surface area (Å²) in [6.07, 6.45) is 0. The second-order valence-corrected chi connectivity index (χ2v) is 9.66. The molecule has 2 aromatic rings. The van der Waals surface area contributed by atoms with Crippen molar-refractivity contribution in [1.29, 1.82) is 0 Å². The van der Waals surface area contributed by atoms with Crippen LogP contribution in [0.3, 0.4) is 0 Å². The number of nitro benzene ring substituents is 1. The van der Waals surface area contributed by atoms with Crippen molar-refractivity contribution in [2.24, 2.45) is 0 Å². The summed E-state index contributed by atoms with van der Waals surface area (Å²) in [6, 6.07) is 10.6. The van der Waals surface area contributed by atoms with Crippen LogP contribution in [0.2, 0.25) is 0 Å². The second kappa shape index (κ2) is 7.52. The SMILES string of the molecule is CN(C)CC(=O)Nc1ccc([Se](=O)(=O)c2ccc([N+](=O)[O-])cc2)cc1. The third-order valence-electron chi connectivity index (χ3n) is 3.27. The molecule has 0 bridgehead atoms. The number of carbonyl (C=O) groups is 1. The summed E-state index contributed by atoms with van der Waals surface area (Å²) in [7, 11) is 3.53. The minimum atomic E-state index is -4.65. The van der Waals surface area contributed by atoms with Gasteiger partial charge in [-0.25, -0.2) is 0 Å². The van der Waals surface area contributed by atoms with Crippen molar-refractivity contribution in [3.63, 3.8) is 0 Å². The Morgan fingerprint density at radius 2 is 1.52 bits per heavy atom. The van der Waals surface area contributed by atoms with Gasteiger partial charge in [0.15, 0.2) is 0 Å². The van der Waals surface area contributed by atoms with Gasteiger partial charge in [-0.1, -0.05) is 0 Å². The summed E-state index contributed by atoms with van der Waals surface area (Å²) < 4.78 is 25.3. The van der Waals surface area contributed by atoms with Crippen molar-refractivity contribution in [3.8, 4) is 0 Å². The number of nitro groups is 1. The minimum absolute atomic E-state index is 0.0336. The first-order valence-corrected chi connectivity index (χ1v) is 10.4. The number of hydrogen-bond donors (Lipinski definition) is 1. The van der Waals surface area contributed by atoms with E-state index in [9.17, 15) is 22.6 Å². The normalized spacial score (nSPS) is 11.3. The molecule has 0 aromatic heterocycles. The van der Waals surface area contributed by atoms with Gasteiger partial charge in [-0.3, -0.25) is 0 Å². The Kier molecular flexibility index (Phi) is 5.63. The van der Waals surface area contributed by atoms with Gasteiger partial charge in [0.1, 0.15) is 0 Å². The number of hydrogen-bond acceptors (Lipinski definition) is 6. The molecule has 0 fully saturated rings. The number of amides is 1. The zero-order valence-corrected chi connectivity index (χ0v) is 15.4. The number of non-ortho nitro benzene ring substituents is 1. The van der Waals surface area contributed by atoms with Crippen LogP contribution in [-0.2, 0) is 12.5 Å². The molecule has 2 rings (SSSR count). The Morgan fingerprint density at radius 1 is 1.04 bits per heavy atom. The predicted octanol–water partition coefficient (Wildman–Crippen LogP) is 0.512. The first-order valence-electron chi connectivity index (χ1n) is 7.24. The van der Waals surface area contributed by atoms with Crippen molar-refractivity contribution in [2.45, 2.75) is 0 Å². The maximum absolute atomic E-state index is 12.6. The standard InChI is InChI=1S/C16H17N3O5Se/c1-18(2)11-16(20)17-12-3-7-14(8-4-12)25(23,24)15-9-5-13(6-10-15)19(21)22/h3-10H,11H2,1-2H3,(H,17,20). The molecule has 1 amide bonds. The van der Waals surface area contributed by atoms with Gasteiger partial charge in [0, 0.05) is 0 Å². The van der Waals surface area contributed by atoms with Crippen molar-refractivity contribution < 1.29 is 17.4 Å². The summed E-state index contributed by atoms with van der Waals surface area (Å²) in [6.45, 7) is 0.216. The Hall–Kier alpha value is -2.61. The average Bonchev–Trinajstić information content (AvgIpc) is 2.54. The topological polar surface area (TPSA) is 110 Å². The van der Waals surface area contributed by atoms with E-state index in [1.807, 2.05) is 0 Å². The number of anilines is 1. The third kappa shape index (κ3) is 4.69. The Balaban J connectivity index is 2.20. The summed E-state index contributed by atoms with van der Waals surface area (Å²) in [5.74, 6) is -0.206. The quantitative estimate of drug-likeness (QED) is 0.422. The molecule has 0 heterocycles. The van der Waals surface area contributed by atoms with Crippen LogP contribution in [0.4, 0.5) is 11.4 Å². The van der Waals surface area contributed by atoms with E-state index in [2.05, 4.69) is 5.32 Å². The molecule has 0 aliphatic heterocycles. The molecule has 2 aromatic carbocycles. The Labute approximate surface area is 146 Å². The van der Waals surface area contributed by atoms with Crippen molar-refractivity contribution >= 4 is 38.9 Å². The van der Waals surface area contributed by atoms with Crippen LogP contribution < -0.4 is 14.2 Å². The van der Waals surface area contributed by atoms with E-state index in [0.29, 0.717) is 5.69 Å². The number of nitrogens with one attached hydrogen (secondary N) is 1. The number of carbonyl (C=O) groups excluding carboxylic acids is 1. The molecule has 0 aliphatic rings. The summed E-state index contributed by atoms with van der Waals surface area (Å²) in [5.41, 5.74) is 0.322. The number of benzene rings is 2. The van der Waals surface area contributed by atoms with Crippen LogP contribution in [0.5, 0.6) is 0 Å². The first kappa shape index (κ1) is 18.7. The van der Waals surface area contributed by atoms with E-state index in [0.717, 1.165) is 12.1 Å². The van der Waals surface area contributed by atoms with Crippen LogP contribution in [0, 0.1) is 10.1 Å². The summed E-state index contributed by atoms with van der Waals surface area (Å²) in [4.78, 5) is 23.5. The molecule has 132 valence electrons. The molecule has 0 spiro atoms. The van der Waals surface area contributed by atoms with Gasteiger partial charge in [0.05, 0.1) is 0 Å². The summed E-state index contributed by atoms with van der Waals surface area (Å²) in [5, 5.41) is 13.3. The molecule has 1 N–H and O–H groups in total. The molecule has 25 heavy (non-hydrogen) atoms. The van der Waals surface area contributed by atoms with Gasteiger partial charge in [-0.05, 0) is 0 Å². The molecular weight excluding hydrogens is 393 g/mol. The molecule has 9 heteroatoms. The zero-order chi connectivity index (χ0) is 18.6.